The lowest BCUT2D eigenvalue weighted by atomic mass is 9.83. The molecule has 0 spiro atoms. The average molecular weight is 473 g/mol. The molecule has 0 saturated carbocycles. The lowest BCUT2D eigenvalue weighted by molar-refractivity contribution is 0.0525. The van der Waals surface area contributed by atoms with Crippen molar-refractivity contribution in [2.75, 3.05) is 37.7 Å². The number of benzene rings is 1. The second-order valence-corrected chi connectivity index (χ2v) is 9.54. The molecule has 35 heavy (non-hydrogen) atoms. The number of ether oxygens (including phenoxy) is 1. The smallest absolute Gasteiger partial charge is 0.339 e. The molecule has 3 heterocycles. The van der Waals surface area contributed by atoms with Crippen LogP contribution < -0.4 is 4.90 Å². The number of aryl methyl sites for hydroxylation is 1. The molecule has 1 atom stereocenters. The van der Waals surface area contributed by atoms with E-state index in [1.54, 1.807) is 19.2 Å². The van der Waals surface area contributed by atoms with Crippen molar-refractivity contribution in [2.45, 2.75) is 39.5 Å². The van der Waals surface area contributed by atoms with Gasteiger partial charge in [-0.1, -0.05) is 25.1 Å². The van der Waals surface area contributed by atoms with Crippen LogP contribution in [0.5, 0.6) is 0 Å². The van der Waals surface area contributed by atoms with E-state index in [9.17, 15) is 9.59 Å². The fraction of sp³-hybridized carbons (Fsp3) is 0.429. The van der Waals surface area contributed by atoms with E-state index in [1.807, 2.05) is 35.2 Å². The van der Waals surface area contributed by atoms with E-state index >= 15 is 0 Å². The molecule has 2 aromatic heterocycles. The molecule has 182 valence electrons. The van der Waals surface area contributed by atoms with E-state index in [-0.39, 0.29) is 11.9 Å². The number of hydrogen-bond acceptors (Lipinski definition) is 6. The minimum absolute atomic E-state index is 0.112. The first-order valence-corrected chi connectivity index (χ1v) is 12.6. The Morgan fingerprint density at radius 2 is 1.94 bits per heavy atom. The van der Waals surface area contributed by atoms with Gasteiger partial charge in [0.2, 0.25) is 0 Å². The second-order valence-electron chi connectivity index (χ2n) is 9.54. The van der Waals surface area contributed by atoms with Crippen molar-refractivity contribution in [3.05, 3.63) is 65.0 Å². The van der Waals surface area contributed by atoms with Gasteiger partial charge in [-0.05, 0) is 62.3 Å². The maximum Gasteiger partial charge on any atom is 0.339 e. The summed E-state index contributed by atoms with van der Waals surface area (Å²) in [5, 5.41) is 0.961. The summed E-state index contributed by atoms with van der Waals surface area (Å²) in [5.41, 5.74) is 4.44. The number of para-hydroxylation sites is 1. The Hall–Kier alpha value is -3.48. The topological polar surface area (TPSA) is 75.6 Å². The number of esters is 1. The van der Waals surface area contributed by atoms with E-state index in [0.717, 1.165) is 65.8 Å². The van der Waals surface area contributed by atoms with Crippen molar-refractivity contribution in [1.29, 1.82) is 0 Å². The van der Waals surface area contributed by atoms with Gasteiger partial charge in [0.25, 0.3) is 5.91 Å². The Bertz CT molecular complexity index is 1240. The summed E-state index contributed by atoms with van der Waals surface area (Å²) in [4.78, 5) is 39.5. The Balaban J connectivity index is 1.37. The zero-order valence-corrected chi connectivity index (χ0v) is 20.5. The number of carbonyl (C=O) groups excluding carboxylic acids is 2. The lowest BCUT2D eigenvalue weighted by Gasteiger charge is -2.28. The van der Waals surface area contributed by atoms with Gasteiger partial charge in [0.1, 0.15) is 5.82 Å². The number of carbonyl (C=O) groups is 2. The number of aromatic nitrogens is 2. The summed E-state index contributed by atoms with van der Waals surface area (Å²) < 4.78 is 5.05. The third kappa shape index (κ3) is 4.72. The zero-order chi connectivity index (χ0) is 24.4. The normalized spacial score (nSPS) is 18.2. The van der Waals surface area contributed by atoms with Crippen LogP contribution in [-0.2, 0) is 17.6 Å². The van der Waals surface area contributed by atoms with Gasteiger partial charge in [-0.2, -0.15) is 0 Å². The predicted molar refractivity (Wildman–Crippen MR) is 136 cm³/mol. The fourth-order valence-electron chi connectivity index (χ4n) is 5.22. The lowest BCUT2D eigenvalue weighted by Crippen LogP contribution is -2.36. The van der Waals surface area contributed by atoms with Crippen LogP contribution in [0.4, 0.5) is 5.82 Å². The summed E-state index contributed by atoms with van der Waals surface area (Å²) in [5.74, 6) is 1.12. The summed E-state index contributed by atoms with van der Waals surface area (Å²) in [6.07, 6.45) is 5.38. The molecule has 1 aliphatic heterocycles. The highest BCUT2D eigenvalue weighted by Gasteiger charge is 2.29. The molecule has 7 nitrogen and oxygen atoms in total. The highest BCUT2D eigenvalue weighted by Crippen LogP contribution is 2.32. The van der Waals surface area contributed by atoms with Gasteiger partial charge >= 0.3 is 5.97 Å². The van der Waals surface area contributed by atoms with E-state index in [2.05, 4.69) is 16.8 Å². The molecule has 7 heteroatoms. The quantitative estimate of drug-likeness (QED) is 0.528. The van der Waals surface area contributed by atoms with Gasteiger partial charge in [0.05, 0.1) is 23.3 Å². The maximum atomic E-state index is 14.0. The average Bonchev–Trinajstić information content (AvgIpc) is 3.14. The van der Waals surface area contributed by atoms with Gasteiger partial charge in [-0.3, -0.25) is 9.78 Å². The third-order valence-electron chi connectivity index (χ3n) is 7.09. The molecule has 1 unspecified atom stereocenters. The molecule has 5 rings (SSSR count). The molecule has 0 N–H and O–H groups in total. The van der Waals surface area contributed by atoms with Crippen LogP contribution in [0, 0.1) is 5.92 Å². The maximum absolute atomic E-state index is 14.0. The first kappa shape index (κ1) is 23.3. The highest BCUT2D eigenvalue weighted by molar-refractivity contribution is 6.07. The molecule has 1 aliphatic carbocycles. The summed E-state index contributed by atoms with van der Waals surface area (Å²) in [6.45, 7) is 7.22. The number of rotatable bonds is 4. The standard InChI is InChI=1S/C28H32N4O3/c1-3-35-28(34)20-10-12-25(29-18-20)31-13-6-14-32(16-15-31)27(33)26-21-7-4-5-8-23(21)30-24-11-9-19(2)17-22(24)26/h4-5,7-8,10,12,18-19H,3,6,9,11,13-17H2,1-2H3. The van der Waals surface area contributed by atoms with Crippen molar-refractivity contribution < 1.29 is 14.3 Å². The number of amides is 1. The minimum Gasteiger partial charge on any atom is -0.462 e. The van der Waals surface area contributed by atoms with Gasteiger partial charge in [0.15, 0.2) is 0 Å². The Kier molecular flexibility index (Phi) is 6.66. The SMILES string of the molecule is CCOC(=O)c1ccc(N2CCCN(C(=O)c3c4c(nc5ccccc35)CCC(C)C4)CC2)nc1. The molecular weight excluding hydrogens is 440 g/mol. The van der Waals surface area contributed by atoms with Crippen LogP contribution in [0.2, 0.25) is 0 Å². The number of pyridine rings is 2. The van der Waals surface area contributed by atoms with Crippen molar-refractivity contribution in [1.82, 2.24) is 14.9 Å². The second kappa shape index (κ2) is 10.0. The number of fused-ring (bicyclic) bond motifs is 2. The Labute approximate surface area is 206 Å². The molecule has 0 radical (unpaired) electrons. The van der Waals surface area contributed by atoms with E-state index < -0.39 is 0 Å². The van der Waals surface area contributed by atoms with Crippen LogP contribution in [0.3, 0.4) is 0 Å². The first-order valence-electron chi connectivity index (χ1n) is 12.6. The third-order valence-corrected chi connectivity index (χ3v) is 7.09. The van der Waals surface area contributed by atoms with Crippen molar-refractivity contribution >= 4 is 28.6 Å². The first-order chi connectivity index (χ1) is 17.0. The Morgan fingerprint density at radius 3 is 2.74 bits per heavy atom. The van der Waals surface area contributed by atoms with Gasteiger partial charge in [0, 0.05) is 43.5 Å². The zero-order valence-electron chi connectivity index (χ0n) is 20.5. The summed E-state index contributed by atoms with van der Waals surface area (Å²) in [7, 11) is 0. The van der Waals surface area contributed by atoms with Crippen LogP contribution >= 0.6 is 0 Å². The largest absolute Gasteiger partial charge is 0.462 e. The van der Waals surface area contributed by atoms with Crippen LogP contribution in [-0.4, -0.2) is 59.5 Å². The minimum atomic E-state index is -0.360. The molecular formula is C28H32N4O3. The van der Waals surface area contributed by atoms with Crippen molar-refractivity contribution in [2.24, 2.45) is 5.92 Å². The van der Waals surface area contributed by atoms with Crippen LogP contribution in [0.1, 0.15) is 58.7 Å². The molecule has 0 bridgehead atoms. The van der Waals surface area contributed by atoms with E-state index in [0.29, 0.717) is 37.7 Å². The molecule has 2 aliphatic rings. The van der Waals surface area contributed by atoms with Crippen molar-refractivity contribution in [3.63, 3.8) is 0 Å². The molecule has 1 fully saturated rings. The number of nitrogens with zero attached hydrogens (tertiary/aromatic N) is 4. The van der Waals surface area contributed by atoms with Gasteiger partial charge < -0.3 is 14.5 Å². The van der Waals surface area contributed by atoms with Crippen molar-refractivity contribution in [3.8, 4) is 0 Å². The van der Waals surface area contributed by atoms with E-state index in [1.165, 1.54) is 0 Å². The van der Waals surface area contributed by atoms with Gasteiger partial charge in [-0.15, -0.1) is 0 Å². The van der Waals surface area contributed by atoms with Gasteiger partial charge in [-0.25, -0.2) is 9.78 Å². The molecule has 1 amide bonds. The highest BCUT2D eigenvalue weighted by atomic mass is 16.5. The molecule has 1 saturated heterocycles. The number of anilines is 1. The summed E-state index contributed by atoms with van der Waals surface area (Å²) in [6, 6.07) is 11.7. The number of hydrogen-bond donors (Lipinski definition) is 0. The van der Waals surface area contributed by atoms with Crippen LogP contribution in [0.25, 0.3) is 10.9 Å². The predicted octanol–water partition coefficient (Wildman–Crippen LogP) is 4.28. The summed E-state index contributed by atoms with van der Waals surface area (Å²) >= 11 is 0. The van der Waals surface area contributed by atoms with E-state index in [4.69, 9.17) is 9.72 Å². The monoisotopic (exact) mass is 472 g/mol. The fourth-order valence-corrected chi connectivity index (χ4v) is 5.22. The van der Waals surface area contributed by atoms with Crippen LogP contribution in [0.15, 0.2) is 42.6 Å². The Morgan fingerprint density at radius 1 is 1.09 bits per heavy atom. The molecule has 3 aromatic rings. The molecule has 1 aromatic carbocycles.